The number of methoxy groups -OCH3 is 2. The van der Waals surface area contributed by atoms with E-state index >= 15 is 4.39 Å². The minimum atomic E-state index is -0.703. The first-order valence-electron chi connectivity index (χ1n) is 12.6. The Kier molecular flexibility index (Phi) is 7.56. The fourth-order valence-corrected chi connectivity index (χ4v) is 4.64. The van der Waals surface area contributed by atoms with Crippen LogP contribution in [0.5, 0.6) is 23.1 Å². The zero-order valence-electron chi connectivity index (χ0n) is 22.7. The molecule has 1 aliphatic rings. The summed E-state index contributed by atoms with van der Waals surface area (Å²) in [6.45, 7) is 3.49. The number of hydrogen-bond acceptors (Lipinski definition) is 8. The third-order valence-electron chi connectivity index (χ3n) is 6.67. The number of carbonyl (C=O) groups excluding carboxylic acids is 2. The van der Waals surface area contributed by atoms with Crippen LogP contribution in [0.25, 0.3) is 11.0 Å². The van der Waals surface area contributed by atoms with E-state index in [-0.39, 0.29) is 41.6 Å². The summed E-state index contributed by atoms with van der Waals surface area (Å²) in [5.41, 5.74) is 2.81. The first-order valence-corrected chi connectivity index (χ1v) is 12.6. The molecule has 0 saturated carbocycles. The zero-order chi connectivity index (χ0) is 29.3. The van der Waals surface area contributed by atoms with Crippen LogP contribution >= 0.6 is 0 Å². The number of ketones is 2. The van der Waals surface area contributed by atoms with Crippen LogP contribution in [0, 0.1) is 18.6 Å². The predicted octanol–water partition coefficient (Wildman–Crippen LogP) is 5.53. The molecule has 0 aliphatic carbocycles. The number of carbonyl (C=O) groups is 2. The van der Waals surface area contributed by atoms with E-state index in [1.54, 1.807) is 32.0 Å². The van der Waals surface area contributed by atoms with E-state index in [1.807, 2.05) is 0 Å². The standard InChI is InChI=1S/C31H25F2N3O5/c1-16-11-19(32)6-7-20(16)28-30(38)27(17(2)15-35-28)23(37)13-18-5-8-24(21(33)12-18)41-25-9-10-34-22-14-26(39-3)31(40-4)36-29(22)25/h5-12,14H,13,15H2,1-4H3. The Morgan fingerprint density at radius 1 is 0.951 bits per heavy atom. The van der Waals surface area contributed by atoms with E-state index in [0.29, 0.717) is 39.0 Å². The second kappa shape index (κ2) is 11.2. The number of pyridine rings is 2. The number of aliphatic imine (C=N–C) groups is 1. The van der Waals surface area contributed by atoms with E-state index < -0.39 is 23.2 Å². The Morgan fingerprint density at radius 2 is 1.76 bits per heavy atom. The minimum absolute atomic E-state index is 0.0122. The van der Waals surface area contributed by atoms with Crippen molar-refractivity contribution >= 4 is 28.3 Å². The maximum absolute atomic E-state index is 15.2. The lowest BCUT2D eigenvalue weighted by Crippen LogP contribution is -2.29. The number of rotatable bonds is 8. The molecule has 10 heteroatoms. The van der Waals surface area contributed by atoms with Gasteiger partial charge in [0.2, 0.25) is 5.78 Å². The first-order chi connectivity index (χ1) is 19.7. The van der Waals surface area contributed by atoms with Crippen LogP contribution < -0.4 is 14.2 Å². The molecule has 4 aromatic rings. The highest BCUT2D eigenvalue weighted by atomic mass is 19.1. The topological polar surface area (TPSA) is 100.0 Å². The Hall–Kier alpha value is -4.99. The van der Waals surface area contributed by atoms with Crippen LogP contribution in [-0.4, -0.2) is 48.0 Å². The molecule has 0 spiro atoms. The SMILES string of the molecule is COc1cc2nccc(Oc3ccc(CC(=O)C4=C(C)CN=C(c5ccc(F)cc5C)C4=O)cc3F)c2nc1OC. The summed E-state index contributed by atoms with van der Waals surface area (Å²) in [4.78, 5) is 39.5. The molecule has 0 fully saturated rings. The van der Waals surface area contributed by atoms with E-state index in [1.165, 1.54) is 50.7 Å². The lowest BCUT2D eigenvalue weighted by Gasteiger charge is -2.18. The largest absolute Gasteiger partial charge is 0.491 e. The molecule has 208 valence electrons. The van der Waals surface area contributed by atoms with Crippen LogP contribution in [0.15, 0.2) is 70.9 Å². The van der Waals surface area contributed by atoms with Crippen molar-refractivity contribution in [2.45, 2.75) is 20.3 Å². The van der Waals surface area contributed by atoms with E-state index in [0.717, 1.165) is 0 Å². The number of aryl methyl sites for hydroxylation is 1. The van der Waals surface area contributed by atoms with Crippen molar-refractivity contribution in [1.29, 1.82) is 0 Å². The van der Waals surface area contributed by atoms with Gasteiger partial charge in [-0.25, -0.2) is 13.8 Å². The monoisotopic (exact) mass is 557 g/mol. The van der Waals surface area contributed by atoms with Gasteiger partial charge in [0, 0.05) is 30.3 Å². The summed E-state index contributed by atoms with van der Waals surface area (Å²) in [6, 6.07) is 11.4. The summed E-state index contributed by atoms with van der Waals surface area (Å²) >= 11 is 0. The van der Waals surface area contributed by atoms with E-state index in [9.17, 15) is 14.0 Å². The van der Waals surface area contributed by atoms with Gasteiger partial charge in [0.15, 0.2) is 28.8 Å². The summed E-state index contributed by atoms with van der Waals surface area (Å²) < 4.78 is 45.1. The molecule has 0 saturated heterocycles. The minimum Gasteiger partial charge on any atom is -0.491 e. The van der Waals surface area contributed by atoms with Crippen LogP contribution in [-0.2, 0) is 16.0 Å². The molecule has 0 unspecified atom stereocenters. The number of dihydropyridines is 1. The molecular formula is C31H25F2N3O5. The Morgan fingerprint density at radius 3 is 2.46 bits per heavy atom. The van der Waals surface area contributed by atoms with Crippen molar-refractivity contribution in [1.82, 2.24) is 9.97 Å². The number of fused-ring (bicyclic) bond motifs is 1. The lowest BCUT2D eigenvalue weighted by molar-refractivity contribution is -0.118. The molecule has 1 aliphatic heterocycles. The smallest absolute Gasteiger partial charge is 0.257 e. The summed E-state index contributed by atoms with van der Waals surface area (Å²) in [5, 5.41) is 0. The third-order valence-corrected chi connectivity index (χ3v) is 6.67. The summed E-state index contributed by atoms with van der Waals surface area (Å²) in [5.74, 6) is -1.36. The number of hydrogen-bond donors (Lipinski definition) is 0. The molecule has 0 bridgehead atoms. The highest BCUT2D eigenvalue weighted by Gasteiger charge is 2.30. The molecule has 8 nitrogen and oxygen atoms in total. The quantitative estimate of drug-likeness (QED) is 0.263. The molecule has 3 heterocycles. The number of halogens is 2. The fourth-order valence-electron chi connectivity index (χ4n) is 4.64. The molecule has 0 atom stereocenters. The molecule has 0 N–H and O–H groups in total. The average Bonchev–Trinajstić information content (AvgIpc) is 2.94. The van der Waals surface area contributed by atoms with Gasteiger partial charge < -0.3 is 14.2 Å². The second-order valence-corrected chi connectivity index (χ2v) is 9.45. The zero-order valence-corrected chi connectivity index (χ0v) is 22.7. The molecule has 5 rings (SSSR count). The Bertz CT molecular complexity index is 1780. The second-order valence-electron chi connectivity index (χ2n) is 9.45. The number of Topliss-reactive ketones (excluding diaryl/α,β-unsaturated/α-hetero) is 2. The van der Waals surface area contributed by atoms with Gasteiger partial charge in [0.1, 0.15) is 17.0 Å². The van der Waals surface area contributed by atoms with E-state index in [4.69, 9.17) is 14.2 Å². The number of benzene rings is 2. The van der Waals surface area contributed by atoms with Gasteiger partial charge in [-0.05, 0) is 60.9 Å². The molecule has 2 aromatic carbocycles. The van der Waals surface area contributed by atoms with E-state index in [2.05, 4.69) is 15.0 Å². The van der Waals surface area contributed by atoms with Crippen molar-refractivity contribution in [3.63, 3.8) is 0 Å². The number of nitrogens with zero attached hydrogens (tertiary/aromatic N) is 3. The normalized spacial score (nSPS) is 13.3. The third kappa shape index (κ3) is 5.41. The summed E-state index contributed by atoms with van der Waals surface area (Å²) in [7, 11) is 2.93. The highest BCUT2D eigenvalue weighted by molar-refractivity contribution is 6.56. The van der Waals surface area contributed by atoms with Gasteiger partial charge >= 0.3 is 0 Å². The van der Waals surface area contributed by atoms with Gasteiger partial charge in [-0.1, -0.05) is 6.07 Å². The summed E-state index contributed by atoms with van der Waals surface area (Å²) in [6.07, 6.45) is 1.29. The maximum Gasteiger partial charge on any atom is 0.257 e. The lowest BCUT2D eigenvalue weighted by atomic mass is 9.88. The maximum atomic E-state index is 15.2. The van der Waals surface area contributed by atoms with Crippen molar-refractivity contribution in [3.8, 4) is 23.1 Å². The molecule has 0 radical (unpaired) electrons. The fraction of sp³-hybridized carbons (Fsp3) is 0.194. The average molecular weight is 558 g/mol. The number of aromatic nitrogens is 2. The molecule has 41 heavy (non-hydrogen) atoms. The van der Waals surface area contributed by atoms with Crippen LogP contribution in [0.4, 0.5) is 8.78 Å². The first kappa shape index (κ1) is 27.6. The van der Waals surface area contributed by atoms with Crippen LogP contribution in [0.3, 0.4) is 0 Å². The predicted molar refractivity (Wildman–Crippen MR) is 148 cm³/mol. The molecule has 2 aromatic heterocycles. The van der Waals surface area contributed by atoms with Gasteiger partial charge in [-0.15, -0.1) is 0 Å². The van der Waals surface area contributed by atoms with Crippen molar-refractivity contribution in [2.24, 2.45) is 4.99 Å². The van der Waals surface area contributed by atoms with Crippen molar-refractivity contribution < 1.29 is 32.6 Å². The van der Waals surface area contributed by atoms with Gasteiger partial charge in [0.25, 0.3) is 5.88 Å². The van der Waals surface area contributed by atoms with Gasteiger partial charge in [-0.3, -0.25) is 19.6 Å². The Labute approximate surface area is 234 Å². The van der Waals surface area contributed by atoms with Crippen molar-refractivity contribution in [2.75, 3.05) is 20.8 Å². The molecule has 0 amide bonds. The highest BCUT2D eigenvalue weighted by Crippen LogP contribution is 2.35. The number of ether oxygens (including phenoxy) is 3. The Balaban J connectivity index is 1.36. The van der Waals surface area contributed by atoms with Gasteiger partial charge in [0.05, 0.1) is 31.9 Å². The molecular weight excluding hydrogens is 532 g/mol. The number of allylic oxidation sites excluding steroid dienone is 1. The van der Waals surface area contributed by atoms with Crippen LogP contribution in [0.2, 0.25) is 0 Å². The van der Waals surface area contributed by atoms with Crippen molar-refractivity contribution in [3.05, 3.63) is 94.2 Å². The van der Waals surface area contributed by atoms with Crippen LogP contribution in [0.1, 0.15) is 23.6 Å². The van der Waals surface area contributed by atoms with Gasteiger partial charge in [-0.2, -0.15) is 0 Å².